The van der Waals surface area contributed by atoms with E-state index in [4.69, 9.17) is 26.2 Å². The number of anilines is 1. The van der Waals surface area contributed by atoms with Crippen LogP contribution in [0, 0.1) is 11.3 Å². The van der Waals surface area contributed by atoms with Gasteiger partial charge in [0.2, 0.25) is 0 Å². The van der Waals surface area contributed by atoms with Crippen molar-refractivity contribution >= 4 is 35.2 Å². The third-order valence-corrected chi connectivity index (χ3v) is 4.19. The van der Waals surface area contributed by atoms with Gasteiger partial charge in [0, 0.05) is 16.3 Å². The zero-order valence-corrected chi connectivity index (χ0v) is 17.6. The minimum atomic E-state index is -1.12. The fourth-order valence-corrected chi connectivity index (χ4v) is 2.81. The zero-order valence-electron chi connectivity index (χ0n) is 16.9. The molecule has 160 valence electrons. The average molecular weight is 441 g/mol. The van der Waals surface area contributed by atoms with Crippen molar-refractivity contribution < 1.29 is 24.2 Å². The Morgan fingerprint density at radius 2 is 1.97 bits per heavy atom. The second kappa shape index (κ2) is 11.4. The lowest BCUT2D eigenvalue weighted by Gasteiger charge is -2.16. The van der Waals surface area contributed by atoms with Crippen LogP contribution >= 0.6 is 11.6 Å². The van der Waals surface area contributed by atoms with Gasteiger partial charge in [-0.1, -0.05) is 17.7 Å². The Morgan fingerprint density at radius 3 is 2.55 bits per heavy atom. The van der Waals surface area contributed by atoms with E-state index in [1.54, 1.807) is 49.4 Å². The largest absolute Gasteiger partial charge is 0.490 e. The standard InChI is InChI=1S/C23H21ClN2O5/c1-3-5-16-10-15(12-20(30-4-2)22(16)31-14-21(27)28)11-17(13-25)23(29)26-19-8-6-18(24)7-9-19/h3,6-12H,1,4-5,14H2,2H3,(H,26,29)(H,27,28)/b17-11+. The number of carboxylic acid groups (broad SMARTS) is 1. The normalized spacial score (nSPS) is 10.7. The second-order valence-corrected chi connectivity index (χ2v) is 6.68. The van der Waals surface area contributed by atoms with Crippen LogP contribution < -0.4 is 14.8 Å². The molecule has 2 rings (SSSR count). The second-order valence-electron chi connectivity index (χ2n) is 6.25. The summed E-state index contributed by atoms with van der Waals surface area (Å²) in [6.45, 7) is 5.25. The highest BCUT2D eigenvalue weighted by Crippen LogP contribution is 2.34. The molecule has 2 aromatic rings. The van der Waals surface area contributed by atoms with Crippen LogP contribution in [0.1, 0.15) is 18.1 Å². The number of nitrogens with zero attached hydrogens (tertiary/aromatic N) is 1. The number of hydrogen-bond donors (Lipinski definition) is 2. The number of nitrogens with one attached hydrogen (secondary N) is 1. The summed E-state index contributed by atoms with van der Waals surface area (Å²) in [4.78, 5) is 23.4. The molecule has 2 aromatic carbocycles. The van der Waals surface area contributed by atoms with E-state index in [2.05, 4.69) is 11.9 Å². The Balaban J connectivity index is 2.41. The van der Waals surface area contributed by atoms with Gasteiger partial charge in [0.05, 0.1) is 6.61 Å². The summed E-state index contributed by atoms with van der Waals surface area (Å²) in [5, 5.41) is 21.6. The predicted octanol–water partition coefficient (Wildman–Crippen LogP) is 4.48. The molecule has 8 heteroatoms. The van der Waals surface area contributed by atoms with Gasteiger partial charge >= 0.3 is 5.97 Å². The molecule has 0 saturated carbocycles. The molecule has 0 aliphatic rings. The topological polar surface area (TPSA) is 109 Å². The van der Waals surface area contributed by atoms with Gasteiger partial charge in [-0.25, -0.2) is 4.79 Å². The van der Waals surface area contributed by atoms with Gasteiger partial charge in [0.1, 0.15) is 11.6 Å². The Labute approximate surface area is 185 Å². The lowest BCUT2D eigenvalue weighted by atomic mass is 10.0. The first kappa shape index (κ1) is 23.5. The number of benzene rings is 2. The summed E-state index contributed by atoms with van der Waals surface area (Å²) in [5.74, 6) is -1.11. The van der Waals surface area contributed by atoms with Crippen molar-refractivity contribution in [2.24, 2.45) is 0 Å². The molecule has 2 N–H and O–H groups in total. The van der Waals surface area contributed by atoms with Gasteiger partial charge < -0.3 is 19.9 Å². The monoisotopic (exact) mass is 440 g/mol. The van der Waals surface area contributed by atoms with Crippen LogP contribution in [0.5, 0.6) is 11.5 Å². The van der Waals surface area contributed by atoms with Crippen molar-refractivity contribution in [1.82, 2.24) is 0 Å². The van der Waals surface area contributed by atoms with Crippen LogP contribution in [-0.4, -0.2) is 30.2 Å². The number of nitriles is 1. The molecule has 0 fully saturated rings. The molecule has 0 saturated heterocycles. The molecule has 31 heavy (non-hydrogen) atoms. The number of halogens is 1. The van der Waals surface area contributed by atoms with E-state index in [1.165, 1.54) is 6.08 Å². The molecule has 0 spiro atoms. The first-order valence-corrected chi connectivity index (χ1v) is 9.69. The molecule has 0 atom stereocenters. The molecular formula is C23H21ClN2O5. The molecular weight excluding hydrogens is 420 g/mol. The summed E-state index contributed by atoms with van der Waals surface area (Å²) in [7, 11) is 0. The minimum absolute atomic E-state index is 0.124. The molecule has 0 aliphatic carbocycles. The molecule has 0 heterocycles. The molecule has 7 nitrogen and oxygen atoms in total. The van der Waals surface area contributed by atoms with Crippen molar-refractivity contribution in [2.75, 3.05) is 18.5 Å². The number of hydrogen-bond acceptors (Lipinski definition) is 5. The number of carboxylic acids is 1. The molecule has 0 unspecified atom stereocenters. The molecule has 0 aliphatic heterocycles. The van der Waals surface area contributed by atoms with Gasteiger partial charge in [0.25, 0.3) is 5.91 Å². The van der Waals surface area contributed by atoms with Crippen LogP contribution in [-0.2, 0) is 16.0 Å². The Bertz CT molecular complexity index is 1040. The van der Waals surface area contributed by atoms with Gasteiger partial charge in [-0.15, -0.1) is 6.58 Å². The average Bonchev–Trinajstić information content (AvgIpc) is 2.73. The van der Waals surface area contributed by atoms with E-state index in [-0.39, 0.29) is 11.3 Å². The van der Waals surface area contributed by atoms with Crippen LogP contribution in [0.2, 0.25) is 5.02 Å². The zero-order chi connectivity index (χ0) is 22.8. The van der Waals surface area contributed by atoms with Crippen molar-refractivity contribution in [3.05, 3.63) is 70.8 Å². The quantitative estimate of drug-likeness (QED) is 0.320. The fraction of sp³-hybridized carbons (Fsp3) is 0.174. The SMILES string of the molecule is C=CCc1cc(/C=C(\C#N)C(=O)Nc2ccc(Cl)cc2)cc(OCC)c1OCC(=O)O. The molecule has 0 bridgehead atoms. The maximum absolute atomic E-state index is 12.5. The minimum Gasteiger partial charge on any atom is -0.490 e. The summed E-state index contributed by atoms with van der Waals surface area (Å²) in [6, 6.07) is 11.7. The van der Waals surface area contributed by atoms with E-state index < -0.39 is 18.5 Å². The van der Waals surface area contributed by atoms with Crippen molar-refractivity contribution in [1.29, 1.82) is 5.26 Å². The van der Waals surface area contributed by atoms with Gasteiger partial charge in [0.15, 0.2) is 18.1 Å². The van der Waals surface area contributed by atoms with Crippen LogP contribution in [0.15, 0.2) is 54.6 Å². The fourth-order valence-electron chi connectivity index (χ4n) is 2.68. The van der Waals surface area contributed by atoms with E-state index in [9.17, 15) is 14.9 Å². The lowest BCUT2D eigenvalue weighted by Crippen LogP contribution is -2.13. The first-order valence-electron chi connectivity index (χ1n) is 9.31. The Hall–Kier alpha value is -3.76. The third kappa shape index (κ3) is 6.91. The Kier molecular flexibility index (Phi) is 8.67. The van der Waals surface area contributed by atoms with Crippen LogP contribution in [0.25, 0.3) is 6.08 Å². The van der Waals surface area contributed by atoms with E-state index in [1.807, 2.05) is 6.07 Å². The third-order valence-electron chi connectivity index (χ3n) is 3.94. The number of allylic oxidation sites excluding steroid dienone is 1. The summed E-state index contributed by atoms with van der Waals surface area (Å²) < 4.78 is 11.0. The summed E-state index contributed by atoms with van der Waals surface area (Å²) in [5.41, 5.74) is 1.51. The van der Waals surface area contributed by atoms with Crippen molar-refractivity contribution in [3.63, 3.8) is 0 Å². The number of ether oxygens (including phenoxy) is 2. The Morgan fingerprint density at radius 1 is 1.26 bits per heavy atom. The van der Waals surface area contributed by atoms with Gasteiger partial charge in [-0.05, 0) is 61.4 Å². The maximum Gasteiger partial charge on any atom is 0.341 e. The number of aliphatic carboxylic acids is 1. The smallest absolute Gasteiger partial charge is 0.341 e. The first-order chi connectivity index (χ1) is 14.9. The van der Waals surface area contributed by atoms with Crippen LogP contribution in [0.4, 0.5) is 5.69 Å². The van der Waals surface area contributed by atoms with E-state index in [0.717, 1.165) is 0 Å². The molecule has 0 radical (unpaired) electrons. The number of carbonyl (C=O) groups excluding carboxylic acids is 1. The molecule has 1 amide bonds. The van der Waals surface area contributed by atoms with Crippen molar-refractivity contribution in [3.8, 4) is 17.6 Å². The predicted molar refractivity (Wildman–Crippen MR) is 118 cm³/mol. The maximum atomic E-state index is 12.5. The highest BCUT2D eigenvalue weighted by molar-refractivity contribution is 6.30. The van der Waals surface area contributed by atoms with E-state index >= 15 is 0 Å². The van der Waals surface area contributed by atoms with Crippen molar-refractivity contribution in [2.45, 2.75) is 13.3 Å². The van der Waals surface area contributed by atoms with Gasteiger partial charge in [-0.2, -0.15) is 5.26 Å². The highest BCUT2D eigenvalue weighted by atomic mass is 35.5. The van der Waals surface area contributed by atoms with Crippen LogP contribution in [0.3, 0.4) is 0 Å². The molecule has 0 aromatic heterocycles. The summed E-state index contributed by atoms with van der Waals surface area (Å²) >= 11 is 5.84. The number of rotatable bonds is 10. The lowest BCUT2D eigenvalue weighted by molar-refractivity contribution is -0.139. The number of amides is 1. The van der Waals surface area contributed by atoms with Gasteiger partial charge in [-0.3, -0.25) is 4.79 Å². The van der Waals surface area contributed by atoms with E-state index in [0.29, 0.717) is 40.6 Å². The number of carbonyl (C=O) groups is 2. The summed E-state index contributed by atoms with van der Waals surface area (Å²) in [6.07, 6.45) is 3.42. The highest BCUT2D eigenvalue weighted by Gasteiger charge is 2.16.